The van der Waals surface area contributed by atoms with Gasteiger partial charge < -0.3 is 9.80 Å². The van der Waals surface area contributed by atoms with Gasteiger partial charge in [-0.3, -0.25) is 4.79 Å². The fourth-order valence-electron chi connectivity index (χ4n) is 2.35. The monoisotopic (exact) mass is 155 g/mol. The second kappa shape index (κ2) is 2.21. The van der Waals surface area contributed by atoms with Gasteiger partial charge in [-0.25, -0.2) is 0 Å². The summed E-state index contributed by atoms with van der Waals surface area (Å²) in [6.45, 7) is 3.18. The van der Waals surface area contributed by atoms with Crippen molar-refractivity contribution >= 4 is 5.91 Å². The van der Waals surface area contributed by atoms with Crippen molar-refractivity contribution in [3.8, 4) is 0 Å². The molecular formula is C8H15N2O+. The van der Waals surface area contributed by atoms with Crippen molar-refractivity contribution in [1.82, 2.24) is 5.32 Å². The molecule has 1 amide bonds. The molecule has 1 N–H and O–H groups in total. The van der Waals surface area contributed by atoms with Gasteiger partial charge in [0, 0.05) is 12.8 Å². The maximum Gasteiger partial charge on any atom is 0.278 e. The van der Waals surface area contributed by atoms with E-state index in [1.807, 2.05) is 0 Å². The lowest BCUT2D eigenvalue weighted by Gasteiger charge is -2.38. The van der Waals surface area contributed by atoms with Gasteiger partial charge in [-0.1, -0.05) is 0 Å². The summed E-state index contributed by atoms with van der Waals surface area (Å²) in [7, 11) is 2.20. The third kappa shape index (κ3) is 0.948. The highest BCUT2D eigenvalue weighted by Gasteiger charge is 2.45. The summed E-state index contributed by atoms with van der Waals surface area (Å²) in [6.07, 6.45) is 2.30. The highest BCUT2D eigenvalue weighted by molar-refractivity contribution is 5.81. The van der Waals surface area contributed by atoms with Gasteiger partial charge >= 0.3 is 0 Å². The molecule has 0 aromatic carbocycles. The number of piperazine rings is 1. The SMILES string of the molecule is C[N@@+]12CCC[C@@H]1C(=O)NCC2. The zero-order valence-corrected chi connectivity index (χ0v) is 6.97. The van der Waals surface area contributed by atoms with Crippen LogP contribution >= 0.6 is 0 Å². The van der Waals surface area contributed by atoms with E-state index in [1.165, 1.54) is 13.0 Å². The Morgan fingerprint density at radius 1 is 1.55 bits per heavy atom. The number of likely N-dealkylation sites (N-methyl/N-ethyl adjacent to an activating group) is 1. The molecule has 0 unspecified atom stereocenters. The number of quaternary nitrogens is 1. The molecule has 11 heavy (non-hydrogen) atoms. The number of hydrogen-bond acceptors (Lipinski definition) is 1. The van der Waals surface area contributed by atoms with Crippen molar-refractivity contribution < 1.29 is 9.28 Å². The number of fused-ring (bicyclic) bond motifs is 1. The van der Waals surface area contributed by atoms with Crippen LogP contribution in [-0.4, -0.2) is 43.1 Å². The van der Waals surface area contributed by atoms with Crippen LogP contribution in [0.15, 0.2) is 0 Å². The van der Waals surface area contributed by atoms with E-state index in [4.69, 9.17) is 0 Å². The van der Waals surface area contributed by atoms with Crippen molar-refractivity contribution in [2.24, 2.45) is 0 Å². The number of nitrogens with one attached hydrogen (secondary N) is 1. The first-order valence-electron chi connectivity index (χ1n) is 4.34. The molecular weight excluding hydrogens is 140 g/mol. The molecule has 3 heteroatoms. The molecule has 2 saturated heterocycles. The predicted molar refractivity (Wildman–Crippen MR) is 42.0 cm³/mol. The molecule has 2 heterocycles. The first-order chi connectivity index (χ1) is 5.22. The summed E-state index contributed by atoms with van der Waals surface area (Å²) in [6, 6.07) is 0.267. The van der Waals surface area contributed by atoms with E-state index in [0.717, 1.165) is 24.0 Å². The molecule has 2 aliphatic heterocycles. The van der Waals surface area contributed by atoms with Crippen molar-refractivity contribution in [1.29, 1.82) is 0 Å². The first-order valence-corrected chi connectivity index (χ1v) is 4.34. The largest absolute Gasteiger partial charge is 0.345 e. The lowest BCUT2D eigenvalue weighted by atomic mass is 10.1. The number of nitrogens with zero attached hydrogens (tertiary/aromatic N) is 1. The van der Waals surface area contributed by atoms with Crippen LogP contribution in [-0.2, 0) is 4.79 Å². The molecule has 2 rings (SSSR count). The van der Waals surface area contributed by atoms with Crippen molar-refractivity contribution in [2.45, 2.75) is 18.9 Å². The Labute approximate surface area is 67.0 Å². The van der Waals surface area contributed by atoms with Crippen LogP contribution in [0.3, 0.4) is 0 Å². The van der Waals surface area contributed by atoms with E-state index in [9.17, 15) is 4.79 Å². The van der Waals surface area contributed by atoms with Crippen molar-refractivity contribution in [2.75, 3.05) is 26.7 Å². The summed E-state index contributed by atoms with van der Waals surface area (Å²) in [5.41, 5.74) is 0. The average Bonchev–Trinajstić information content (AvgIpc) is 2.31. The summed E-state index contributed by atoms with van der Waals surface area (Å²) < 4.78 is 0.992. The number of carbonyl (C=O) groups is 1. The molecule has 0 saturated carbocycles. The Balaban J connectivity index is 2.22. The third-order valence-corrected chi connectivity index (χ3v) is 3.12. The maximum atomic E-state index is 11.4. The summed E-state index contributed by atoms with van der Waals surface area (Å²) in [4.78, 5) is 11.4. The van der Waals surface area contributed by atoms with Crippen LogP contribution in [0.25, 0.3) is 0 Å². The van der Waals surface area contributed by atoms with Gasteiger partial charge in [0.15, 0.2) is 6.04 Å². The van der Waals surface area contributed by atoms with E-state index in [-0.39, 0.29) is 11.9 Å². The van der Waals surface area contributed by atoms with Crippen LogP contribution in [0.4, 0.5) is 0 Å². The van der Waals surface area contributed by atoms with E-state index < -0.39 is 0 Å². The standard InChI is InChI=1S/C8H14N2O/c1-10-5-2-3-7(10)8(11)9-4-6-10/h7H,2-6H2,1H3/p+1/t7-,10+/m1/s1. The van der Waals surface area contributed by atoms with Crippen LogP contribution in [0.2, 0.25) is 0 Å². The third-order valence-electron chi connectivity index (χ3n) is 3.12. The van der Waals surface area contributed by atoms with Crippen molar-refractivity contribution in [3.63, 3.8) is 0 Å². The molecule has 2 fully saturated rings. The average molecular weight is 155 g/mol. The van der Waals surface area contributed by atoms with E-state index in [2.05, 4.69) is 12.4 Å². The molecule has 0 spiro atoms. The Hall–Kier alpha value is -0.570. The molecule has 3 nitrogen and oxygen atoms in total. The number of amides is 1. The fraction of sp³-hybridized carbons (Fsp3) is 0.875. The molecule has 0 aromatic rings. The van der Waals surface area contributed by atoms with Gasteiger partial charge in [0.2, 0.25) is 0 Å². The Morgan fingerprint density at radius 2 is 2.36 bits per heavy atom. The summed E-state index contributed by atoms with van der Waals surface area (Å²) >= 11 is 0. The number of hydrogen-bond donors (Lipinski definition) is 1. The van der Waals surface area contributed by atoms with Gasteiger partial charge in [-0.2, -0.15) is 0 Å². The Morgan fingerprint density at radius 3 is 3.09 bits per heavy atom. The van der Waals surface area contributed by atoms with Crippen LogP contribution in [0.5, 0.6) is 0 Å². The lowest BCUT2D eigenvalue weighted by molar-refractivity contribution is -0.913. The quantitative estimate of drug-likeness (QED) is 0.479. The zero-order valence-electron chi connectivity index (χ0n) is 6.97. The van der Waals surface area contributed by atoms with E-state index in [1.54, 1.807) is 0 Å². The van der Waals surface area contributed by atoms with Gasteiger partial charge in [-0.15, -0.1) is 0 Å². The van der Waals surface area contributed by atoms with Crippen LogP contribution in [0, 0.1) is 0 Å². The van der Waals surface area contributed by atoms with Crippen molar-refractivity contribution in [3.05, 3.63) is 0 Å². The topological polar surface area (TPSA) is 29.1 Å². The lowest BCUT2D eigenvalue weighted by Crippen LogP contribution is -2.62. The molecule has 2 atom stereocenters. The number of carbonyl (C=O) groups excluding carboxylic acids is 1. The van der Waals surface area contributed by atoms with Crippen LogP contribution in [0.1, 0.15) is 12.8 Å². The van der Waals surface area contributed by atoms with E-state index in [0.29, 0.717) is 0 Å². The zero-order chi connectivity index (χ0) is 7.90. The molecule has 0 aliphatic carbocycles. The van der Waals surface area contributed by atoms with Gasteiger partial charge in [0.05, 0.1) is 26.7 Å². The van der Waals surface area contributed by atoms with Crippen LogP contribution < -0.4 is 5.32 Å². The predicted octanol–water partition coefficient (Wildman–Crippen LogP) is -0.275. The maximum absolute atomic E-state index is 11.4. The second-order valence-corrected chi connectivity index (χ2v) is 3.88. The molecule has 0 aromatic heterocycles. The molecule has 0 bridgehead atoms. The first kappa shape index (κ1) is 7.10. The summed E-state index contributed by atoms with van der Waals surface area (Å²) in [5, 5.41) is 2.92. The minimum atomic E-state index is 0.267. The smallest absolute Gasteiger partial charge is 0.278 e. The highest BCUT2D eigenvalue weighted by atomic mass is 16.2. The van der Waals surface area contributed by atoms with E-state index >= 15 is 0 Å². The normalized spacial score (nSPS) is 43.4. The van der Waals surface area contributed by atoms with Gasteiger partial charge in [0.25, 0.3) is 5.91 Å². The van der Waals surface area contributed by atoms with Gasteiger partial charge in [0.1, 0.15) is 0 Å². The molecule has 62 valence electrons. The molecule has 2 aliphatic rings. The Kier molecular flexibility index (Phi) is 1.42. The summed E-state index contributed by atoms with van der Waals surface area (Å²) in [5.74, 6) is 0.274. The van der Waals surface area contributed by atoms with Gasteiger partial charge in [-0.05, 0) is 0 Å². The second-order valence-electron chi connectivity index (χ2n) is 3.88. The molecule has 0 radical (unpaired) electrons. The number of rotatable bonds is 0. The minimum absolute atomic E-state index is 0.267. The highest BCUT2D eigenvalue weighted by Crippen LogP contribution is 2.26. The fourth-order valence-corrected chi connectivity index (χ4v) is 2.35. The Bertz CT molecular complexity index is 193. The minimum Gasteiger partial charge on any atom is -0.345 e.